The zero-order valence-corrected chi connectivity index (χ0v) is 33.3. The summed E-state index contributed by atoms with van der Waals surface area (Å²) < 4.78 is 70.4. The number of benzene rings is 1. The molecule has 1 aromatic heterocycles. The molecule has 1 aliphatic rings. The molecule has 2 aromatic rings. The summed E-state index contributed by atoms with van der Waals surface area (Å²) in [5, 5.41) is 8.80. The SMILES string of the molecule is CCCCNC(=O)c1cccc(OCC(N=[N+]=[N-])OCCOCC(=O)NCC#Cc2cn([C@H]3CC[C@@H](COP(=O)(O)OP(=O)(O)OP(C)(=O)O)O3)c(=O)[nH]c2=O)c1. The van der Waals surface area contributed by atoms with E-state index in [1.54, 1.807) is 24.3 Å². The van der Waals surface area contributed by atoms with Crippen LogP contribution >= 0.6 is 23.2 Å². The van der Waals surface area contributed by atoms with Crippen molar-refractivity contribution in [2.45, 2.75) is 51.2 Å². The molecule has 3 rings (SSSR count). The van der Waals surface area contributed by atoms with Crippen molar-refractivity contribution in [2.75, 3.05) is 52.8 Å². The molecule has 314 valence electrons. The molecule has 4 unspecified atom stereocenters. The largest absolute Gasteiger partial charge is 0.491 e. The number of hydrogen-bond donors (Lipinski definition) is 6. The zero-order valence-electron chi connectivity index (χ0n) is 30.6. The Kier molecular flexibility index (Phi) is 18.8. The predicted octanol–water partition coefficient (Wildman–Crippen LogP) is 2.03. The van der Waals surface area contributed by atoms with Crippen LogP contribution in [0.3, 0.4) is 0 Å². The summed E-state index contributed by atoms with van der Waals surface area (Å²) in [7, 11) is -15.3. The molecule has 6 N–H and O–H groups in total. The van der Waals surface area contributed by atoms with Crippen molar-refractivity contribution in [1.82, 2.24) is 20.2 Å². The Balaban J connectivity index is 1.40. The van der Waals surface area contributed by atoms with Gasteiger partial charge in [0, 0.05) is 29.9 Å². The van der Waals surface area contributed by atoms with Crippen molar-refractivity contribution in [3.05, 3.63) is 72.9 Å². The molecule has 1 aromatic carbocycles. The third kappa shape index (κ3) is 17.9. The molecule has 0 saturated carbocycles. The Morgan fingerprint density at radius 2 is 1.91 bits per heavy atom. The number of H-pyrrole nitrogens is 1. The van der Waals surface area contributed by atoms with Crippen molar-refractivity contribution in [3.8, 4) is 17.6 Å². The molecule has 0 spiro atoms. The molecule has 1 fully saturated rings. The Morgan fingerprint density at radius 3 is 2.63 bits per heavy atom. The normalized spacial score (nSPS) is 18.7. The fourth-order valence-electron chi connectivity index (χ4n) is 4.63. The number of rotatable bonds is 23. The molecule has 27 heteroatoms. The number of amides is 2. The van der Waals surface area contributed by atoms with E-state index in [0.29, 0.717) is 24.5 Å². The third-order valence-corrected chi connectivity index (χ3v) is 11.3. The number of phosphoric acid groups is 2. The van der Waals surface area contributed by atoms with Crippen molar-refractivity contribution in [3.63, 3.8) is 0 Å². The molecule has 2 heterocycles. The van der Waals surface area contributed by atoms with Crippen molar-refractivity contribution >= 4 is 35.1 Å². The first-order chi connectivity index (χ1) is 26.9. The first-order valence-corrected chi connectivity index (χ1v) is 22.0. The van der Waals surface area contributed by atoms with E-state index in [4.69, 9.17) is 29.4 Å². The zero-order chi connectivity index (χ0) is 42.1. The maximum atomic E-state index is 12.5. The van der Waals surface area contributed by atoms with Crippen molar-refractivity contribution < 1.29 is 70.1 Å². The summed E-state index contributed by atoms with van der Waals surface area (Å²) in [4.78, 5) is 82.3. The molecule has 0 bridgehead atoms. The van der Waals surface area contributed by atoms with E-state index < -0.39 is 65.6 Å². The first-order valence-electron chi connectivity index (χ1n) is 16.9. The monoisotopic (exact) mass is 865 g/mol. The van der Waals surface area contributed by atoms with Gasteiger partial charge in [0.1, 0.15) is 30.8 Å². The molecular weight excluding hydrogens is 823 g/mol. The van der Waals surface area contributed by atoms with Gasteiger partial charge in [-0.2, -0.15) is 4.31 Å². The van der Waals surface area contributed by atoms with Crippen LogP contribution in [0.1, 0.15) is 54.8 Å². The summed E-state index contributed by atoms with van der Waals surface area (Å²) in [5.41, 5.74) is 7.43. The van der Waals surface area contributed by atoms with Crippen LogP contribution in [0.5, 0.6) is 5.75 Å². The second-order valence-corrected chi connectivity index (χ2v) is 16.9. The lowest BCUT2D eigenvalue weighted by Gasteiger charge is -2.19. The number of hydrogen-bond acceptors (Lipinski definition) is 15. The van der Waals surface area contributed by atoms with Gasteiger partial charge in [-0.15, -0.1) is 0 Å². The van der Waals surface area contributed by atoms with Crippen LogP contribution in [0.15, 0.2) is 45.2 Å². The fraction of sp³-hybridized carbons (Fsp3) is 0.533. The van der Waals surface area contributed by atoms with Gasteiger partial charge in [-0.1, -0.05) is 36.4 Å². The lowest BCUT2D eigenvalue weighted by molar-refractivity contribution is -0.126. The highest BCUT2D eigenvalue weighted by Gasteiger charge is 2.40. The van der Waals surface area contributed by atoms with Gasteiger partial charge >= 0.3 is 28.9 Å². The molecule has 1 aliphatic heterocycles. The minimum Gasteiger partial charge on any atom is -0.491 e. The van der Waals surface area contributed by atoms with Gasteiger partial charge in [-0.3, -0.25) is 33.0 Å². The maximum Gasteiger partial charge on any atom is 0.488 e. The molecule has 57 heavy (non-hydrogen) atoms. The summed E-state index contributed by atoms with van der Waals surface area (Å²) in [5.74, 6) is 4.66. The van der Waals surface area contributed by atoms with E-state index in [2.05, 4.69) is 50.6 Å². The second-order valence-electron chi connectivity index (χ2n) is 11.8. The number of aromatic amines is 1. The molecule has 6 atom stereocenters. The molecule has 24 nitrogen and oxygen atoms in total. The number of ether oxygens (including phenoxy) is 4. The topological polar surface area (TPSA) is 338 Å². The van der Waals surface area contributed by atoms with Gasteiger partial charge in [0.15, 0.2) is 6.23 Å². The van der Waals surface area contributed by atoms with Gasteiger partial charge in [0.2, 0.25) is 5.91 Å². The standard InChI is InChI=1S/C30H42N7O17P3/c1-3-4-12-33-28(39)21-7-5-9-23(16-21)50-20-26(35-36-31)49-15-14-48-19-25(38)32-13-6-8-22-17-37(30(41)34-29(22)40)27-11-10-24(52-27)18-51-56(44,45)54-57(46,47)53-55(2,42)43/h5,7,9,16-17,24,26-27H,3-4,10-15,18-20H2,1-2H3,(H,32,38)(H,33,39)(H,42,43)(H,44,45)(H,46,47)(H,34,40,41)/t24-,26?,27+/m0/s1. The van der Waals surface area contributed by atoms with E-state index in [1.807, 2.05) is 6.92 Å². The van der Waals surface area contributed by atoms with Crippen LogP contribution in [0, 0.1) is 11.8 Å². The number of aromatic nitrogens is 2. The Labute approximate surface area is 324 Å². The number of phosphoric ester groups is 1. The number of carbonyl (C=O) groups is 2. The Morgan fingerprint density at radius 1 is 1.14 bits per heavy atom. The van der Waals surface area contributed by atoms with E-state index in [1.165, 1.54) is 0 Å². The molecule has 0 radical (unpaired) electrons. The van der Waals surface area contributed by atoms with Crippen molar-refractivity contribution in [2.24, 2.45) is 5.11 Å². The quantitative estimate of drug-likeness (QED) is 0.0232. The highest BCUT2D eigenvalue weighted by molar-refractivity contribution is 7.68. The number of azide groups is 1. The first kappa shape index (κ1) is 47.2. The van der Waals surface area contributed by atoms with Crippen LogP contribution in [-0.2, 0) is 45.8 Å². The Bertz CT molecular complexity index is 2070. The van der Waals surface area contributed by atoms with Crippen LogP contribution in [0.2, 0.25) is 0 Å². The second kappa shape index (κ2) is 22.7. The lowest BCUT2D eigenvalue weighted by atomic mass is 10.2. The van der Waals surface area contributed by atoms with Gasteiger partial charge in [0.05, 0.1) is 32.5 Å². The number of nitrogens with one attached hydrogen (secondary N) is 3. The van der Waals surface area contributed by atoms with E-state index in [0.717, 1.165) is 23.6 Å². The fourth-order valence-corrected chi connectivity index (χ4v) is 8.13. The lowest BCUT2D eigenvalue weighted by Crippen LogP contribution is -2.34. The highest BCUT2D eigenvalue weighted by Crippen LogP contribution is 2.66. The van der Waals surface area contributed by atoms with Crippen LogP contribution < -0.4 is 26.6 Å². The summed E-state index contributed by atoms with van der Waals surface area (Å²) in [6.07, 6.45) is 0.268. The maximum absolute atomic E-state index is 12.5. The van der Waals surface area contributed by atoms with E-state index in [-0.39, 0.29) is 57.3 Å². The minimum atomic E-state index is -5.46. The van der Waals surface area contributed by atoms with E-state index >= 15 is 0 Å². The summed E-state index contributed by atoms with van der Waals surface area (Å²) in [6.45, 7) is 1.57. The summed E-state index contributed by atoms with van der Waals surface area (Å²) >= 11 is 0. The van der Waals surface area contributed by atoms with Crippen LogP contribution in [0.25, 0.3) is 10.4 Å². The Hall–Kier alpha value is -4.16. The highest BCUT2D eigenvalue weighted by atomic mass is 31.3. The number of unbranched alkanes of at least 4 members (excludes halogenated alkanes) is 1. The molecule has 2 amide bonds. The van der Waals surface area contributed by atoms with Gasteiger partial charge in [-0.25, -0.2) is 18.2 Å². The predicted molar refractivity (Wildman–Crippen MR) is 197 cm³/mol. The van der Waals surface area contributed by atoms with Crippen LogP contribution in [-0.4, -0.2) is 101 Å². The molecule has 1 saturated heterocycles. The average molecular weight is 866 g/mol. The molecular formula is C30H42N7O17P3. The van der Waals surface area contributed by atoms with Gasteiger partial charge in [0.25, 0.3) is 11.5 Å². The third-order valence-electron chi connectivity index (χ3n) is 7.10. The smallest absolute Gasteiger partial charge is 0.488 e. The minimum absolute atomic E-state index is 0.0579. The molecule has 0 aliphatic carbocycles. The van der Waals surface area contributed by atoms with Crippen LogP contribution in [0.4, 0.5) is 0 Å². The average Bonchev–Trinajstić information content (AvgIpc) is 3.59. The summed E-state index contributed by atoms with van der Waals surface area (Å²) in [6, 6.07) is 6.47. The number of nitrogens with zero attached hydrogens (tertiary/aromatic N) is 4. The number of carbonyl (C=O) groups excluding carboxylic acids is 2. The van der Waals surface area contributed by atoms with Crippen molar-refractivity contribution in [1.29, 1.82) is 0 Å². The van der Waals surface area contributed by atoms with E-state index in [9.17, 15) is 42.7 Å². The van der Waals surface area contributed by atoms with Gasteiger partial charge < -0.3 is 44.3 Å². The van der Waals surface area contributed by atoms with Gasteiger partial charge in [-0.05, 0) is 43.0 Å².